The number of fused-ring (bicyclic) bond motifs is 1. The summed E-state index contributed by atoms with van der Waals surface area (Å²) in [7, 11) is 0. The number of alkyl halides is 3. The molecular weight excluding hydrogens is 385 g/mol. The molecule has 0 radical (unpaired) electrons. The van der Waals surface area contributed by atoms with Gasteiger partial charge < -0.3 is 15.0 Å². The molecule has 0 saturated carbocycles. The van der Waals surface area contributed by atoms with Crippen LogP contribution in [0.5, 0.6) is 0 Å². The topological polar surface area (TPSA) is 58.6 Å². The highest BCUT2D eigenvalue weighted by Gasteiger charge is 2.33. The minimum absolute atomic E-state index is 0.0764. The van der Waals surface area contributed by atoms with Crippen LogP contribution in [0.25, 0.3) is 0 Å². The van der Waals surface area contributed by atoms with E-state index in [-0.39, 0.29) is 11.5 Å². The van der Waals surface area contributed by atoms with Crippen LogP contribution in [0, 0.1) is 0 Å². The zero-order chi connectivity index (χ0) is 20.6. The normalized spacial score (nSPS) is 18.6. The molecule has 0 aromatic heterocycles. The molecule has 2 aromatic rings. The van der Waals surface area contributed by atoms with Crippen molar-refractivity contribution >= 4 is 23.2 Å². The van der Waals surface area contributed by atoms with Crippen molar-refractivity contribution in [2.75, 3.05) is 23.4 Å². The van der Waals surface area contributed by atoms with E-state index in [1.165, 1.54) is 0 Å². The van der Waals surface area contributed by atoms with Crippen molar-refractivity contribution in [3.05, 3.63) is 59.2 Å². The summed E-state index contributed by atoms with van der Waals surface area (Å²) in [5, 5.41) is 2.69. The number of amides is 2. The van der Waals surface area contributed by atoms with E-state index in [0.29, 0.717) is 25.3 Å². The van der Waals surface area contributed by atoms with E-state index in [1.807, 2.05) is 6.07 Å². The first-order valence-electron chi connectivity index (χ1n) is 9.37. The number of ether oxygens (including phenoxy) is 1. The van der Waals surface area contributed by atoms with E-state index < -0.39 is 23.8 Å². The lowest BCUT2D eigenvalue weighted by Crippen LogP contribution is -2.37. The molecule has 0 aliphatic carbocycles. The summed E-state index contributed by atoms with van der Waals surface area (Å²) in [6, 6.07) is 9.31. The first kappa shape index (κ1) is 19.4. The lowest BCUT2D eigenvalue weighted by molar-refractivity contribution is -0.137. The first-order valence-corrected chi connectivity index (χ1v) is 9.37. The molecule has 2 heterocycles. The predicted molar refractivity (Wildman–Crippen MR) is 101 cm³/mol. The third kappa shape index (κ3) is 3.98. The second-order valence-corrected chi connectivity index (χ2v) is 7.11. The molecule has 2 aromatic carbocycles. The van der Waals surface area contributed by atoms with E-state index in [2.05, 4.69) is 5.32 Å². The van der Waals surface area contributed by atoms with Gasteiger partial charge >= 0.3 is 6.18 Å². The van der Waals surface area contributed by atoms with Gasteiger partial charge in [0, 0.05) is 30.1 Å². The quantitative estimate of drug-likeness (QED) is 0.841. The molecule has 2 aliphatic rings. The minimum atomic E-state index is -4.45. The van der Waals surface area contributed by atoms with Gasteiger partial charge in [-0.15, -0.1) is 0 Å². The van der Waals surface area contributed by atoms with Crippen LogP contribution >= 0.6 is 0 Å². The van der Waals surface area contributed by atoms with Gasteiger partial charge in [-0.3, -0.25) is 9.59 Å². The Balaban J connectivity index is 1.49. The summed E-state index contributed by atoms with van der Waals surface area (Å²) in [5.41, 5.74) is 1.51. The zero-order valence-electron chi connectivity index (χ0n) is 15.5. The molecule has 1 saturated heterocycles. The number of benzene rings is 2. The fourth-order valence-electron chi connectivity index (χ4n) is 3.65. The van der Waals surface area contributed by atoms with E-state index in [1.54, 1.807) is 17.0 Å². The van der Waals surface area contributed by atoms with Crippen molar-refractivity contribution in [3.8, 4) is 0 Å². The fourth-order valence-corrected chi connectivity index (χ4v) is 3.65. The molecule has 2 aliphatic heterocycles. The van der Waals surface area contributed by atoms with Crippen molar-refractivity contribution in [2.45, 2.75) is 31.5 Å². The smallest absolute Gasteiger partial charge is 0.368 e. The Hall–Kier alpha value is -2.87. The SMILES string of the molecule is O=C(Nc1ccc2c(c1)N(C(=O)[C@@H]1CCCO1)CC2)c1ccc(C(F)(F)F)cc1. The Labute approximate surface area is 165 Å². The van der Waals surface area contributed by atoms with Crippen molar-refractivity contribution in [1.29, 1.82) is 0 Å². The second kappa shape index (κ2) is 7.51. The van der Waals surface area contributed by atoms with Gasteiger partial charge in [-0.2, -0.15) is 13.2 Å². The fraction of sp³-hybridized carbons (Fsp3) is 0.333. The van der Waals surface area contributed by atoms with Gasteiger partial charge in [0.1, 0.15) is 6.10 Å². The molecule has 0 unspecified atom stereocenters. The lowest BCUT2D eigenvalue weighted by atomic mass is 10.1. The van der Waals surface area contributed by atoms with Gasteiger partial charge in [0.25, 0.3) is 11.8 Å². The van der Waals surface area contributed by atoms with Crippen molar-refractivity contribution < 1.29 is 27.5 Å². The Morgan fingerprint density at radius 2 is 1.86 bits per heavy atom. The molecular formula is C21H19F3N2O3. The largest absolute Gasteiger partial charge is 0.416 e. The number of nitrogens with zero attached hydrogens (tertiary/aromatic N) is 1. The van der Waals surface area contributed by atoms with E-state index >= 15 is 0 Å². The molecule has 29 heavy (non-hydrogen) atoms. The third-order valence-corrected chi connectivity index (χ3v) is 5.18. The van der Waals surface area contributed by atoms with Crippen LogP contribution in [-0.2, 0) is 22.1 Å². The Morgan fingerprint density at radius 3 is 2.52 bits per heavy atom. The highest BCUT2D eigenvalue weighted by molar-refractivity contribution is 6.05. The molecule has 1 atom stereocenters. The first-order chi connectivity index (χ1) is 13.8. The maximum atomic E-state index is 12.7. The third-order valence-electron chi connectivity index (χ3n) is 5.18. The summed E-state index contributed by atoms with van der Waals surface area (Å²) in [6.07, 6.45) is -2.59. The summed E-state index contributed by atoms with van der Waals surface area (Å²) in [5.74, 6) is -0.596. The minimum Gasteiger partial charge on any atom is -0.368 e. The highest BCUT2D eigenvalue weighted by Crippen LogP contribution is 2.33. The zero-order valence-corrected chi connectivity index (χ0v) is 15.5. The number of anilines is 2. The molecule has 152 valence electrons. The average molecular weight is 404 g/mol. The molecule has 8 heteroatoms. The number of hydrogen-bond acceptors (Lipinski definition) is 3. The molecule has 0 spiro atoms. The van der Waals surface area contributed by atoms with E-state index in [0.717, 1.165) is 48.4 Å². The summed E-state index contributed by atoms with van der Waals surface area (Å²) < 4.78 is 43.5. The van der Waals surface area contributed by atoms with Crippen molar-refractivity contribution in [3.63, 3.8) is 0 Å². The van der Waals surface area contributed by atoms with Crippen LogP contribution in [-0.4, -0.2) is 31.1 Å². The van der Waals surface area contributed by atoms with Gasteiger partial charge in [0.2, 0.25) is 0 Å². The van der Waals surface area contributed by atoms with Crippen LogP contribution in [0.15, 0.2) is 42.5 Å². The van der Waals surface area contributed by atoms with E-state index in [4.69, 9.17) is 4.74 Å². The monoisotopic (exact) mass is 404 g/mol. The van der Waals surface area contributed by atoms with Gasteiger partial charge in [-0.25, -0.2) is 0 Å². The number of rotatable bonds is 3. The van der Waals surface area contributed by atoms with Gasteiger partial charge in [0.15, 0.2) is 0 Å². The summed E-state index contributed by atoms with van der Waals surface area (Å²) >= 11 is 0. The molecule has 1 N–H and O–H groups in total. The van der Waals surface area contributed by atoms with Crippen LogP contribution in [0.3, 0.4) is 0 Å². The molecule has 5 nitrogen and oxygen atoms in total. The predicted octanol–water partition coefficient (Wildman–Crippen LogP) is 4.03. The Bertz CT molecular complexity index is 935. The number of halogens is 3. The Morgan fingerprint density at radius 1 is 1.10 bits per heavy atom. The summed E-state index contributed by atoms with van der Waals surface area (Å²) in [6.45, 7) is 1.14. The second-order valence-electron chi connectivity index (χ2n) is 7.11. The number of carbonyl (C=O) groups excluding carboxylic acids is 2. The molecule has 4 rings (SSSR count). The van der Waals surface area contributed by atoms with Crippen LogP contribution in [0.2, 0.25) is 0 Å². The van der Waals surface area contributed by atoms with Crippen molar-refractivity contribution in [2.24, 2.45) is 0 Å². The van der Waals surface area contributed by atoms with Crippen LogP contribution in [0.1, 0.15) is 34.3 Å². The summed E-state index contributed by atoms with van der Waals surface area (Å²) in [4.78, 5) is 26.8. The van der Waals surface area contributed by atoms with Crippen LogP contribution in [0.4, 0.5) is 24.5 Å². The Kier molecular flexibility index (Phi) is 5.04. The maximum absolute atomic E-state index is 12.7. The number of hydrogen-bond donors (Lipinski definition) is 1. The molecule has 1 fully saturated rings. The number of carbonyl (C=O) groups is 2. The van der Waals surface area contributed by atoms with Gasteiger partial charge in [0.05, 0.1) is 5.56 Å². The van der Waals surface area contributed by atoms with E-state index in [9.17, 15) is 22.8 Å². The van der Waals surface area contributed by atoms with Gasteiger partial charge in [-0.05, 0) is 61.2 Å². The standard InChI is InChI=1S/C21H19F3N2O3/c22-21(23,24)15-6-3-14(4-7-15)19(27)25-16-8-5-13-9-10-26(17(13)12-16)20(28)18-2-1-11-29-18/h3-8,12,18H,1-2,9-11H2,(H,25,27)/t18-/m0/s1. The van der Waals surface area contributed by atoms with Crippen LogP contribution < -0.4 is 10.2 Å². The highest BCUT2D eigenvalue weighted by atomic mass is 19.4. The van der Waals surface area contributed by atoms with Crippen molar-refractivity contribution in [1.82, 2.24) is 0 Å². The van der Waals surface area contributed by atoms with Gasteiger partial charge in [-0.1, -0.05) is 6.07 Å². The maximum Gasteiger partial charge on any atom is 0.416 e. The molecule has 0 bridgehead atoms. The molecule has 2 amide bonds. The number of nitrogens with one attached hydrogen (secondary N) is 1. The average Bonchev–Trinajstić information content (AvgIpc) is 3.37. The lowest BCUT2D eigenvalue weighted by Gasteiger charge is -2.21.